The summed E-state index contributed by atoms with van der Waals surface area (Å²) in [6.07, 6.45) is 3.69. The highest BCUT2D eigenvalue weighted by molar-refractivity contribution is 6.16. The van der Waals surface area contributed by atoms with Crippen LogP contribution in [0.25, 0.3) is 11.0 Å². The maximum Gasteiger partial charge on any atom is 0.224 e. The molecule has 128 valence electrons. The number of rotatable bonds is 5. The van der Waals surface area contributed by atoms with Gasteiger partial charge in [0.25, 0.3) is 0 Å². The lowest BCUT2D eigenvalue weighted by Gasteiger charge is -2.10. The molecular weight excluding hydrogens is 328 g/mol. The Bertz CT molecular complexity index is 966. The fourth-order valence-corrected chi connectivity index (χ4v) is 2.58. The van der Waals surface area contributed by atoms with E-state index in [9.17, 15) is 18.4 Å². The second kappa shape index (κ2) is 6.80. The third-order valence-corrected chi connectivity index (χ3v) is 3.77. The number of hydrogen-bond donors (Lipinski definition) is 2. The number of H-pyrrole nitrogens is 1. The van der Waals surface area contributed by atoms with E-state index in [1.54, 1.807) is 19.1 Å². The number of amides is 1. The van der Waals surface area contributed by atoms with Gasteiger partial charge in [-0.1, -0.05) is 6.92 Å². The largest absolute Gasteiger partial charge is 0.345 e. The summed E-state index contributed by atoms with van der Waals surface area (Å²) < 4.78 is 28.8. The summed E-state index contributed by atoms with van der Waals surface area (Å²) in [5.74, 6) is -3.30. The van der Waals surface area contributed by atoms with Gasteiger partial charge < -0.3 is 10.3 Å². The fourth-order valence-electron chi connectivity index (χ4n) is 2.58. The van der Waals surface area contributed by atoms with Crippen molar-refractivity contribution < 1.29 is 18.4 Å². The second-order valence-corrected chi connectivity index (χ2v) is 5.51. The van der Waals surface area contributed by atoms with Crippen molar-refractivity contribution >= 4 is 28.4 Å². The monoisotopic (exact) mass is 343 g/mol. The first-order chi connectivity index (χ1) is 12.0. The van der Waals surface area contributed by atoms with E-state index in [-0.39, 0.29) is 17.7 Å². The van der Waals surface area contributed by atoms with Gasteiger partial charge in [-0.05, 0) is 30.7 Å². The minimum absolute atomic E-state index is 0.109. The molecule has 1 aromatic carbocycles. The molecule has 0 atom stereocenters. The number of fused-ring (bicyclic) bond motifs is 1. The Morgan fingerprint density at radius 2 is 2.04 bits per heavy atom. The Labute approximate surface area is 142 Å². The maximum atomic E-state index is 14.7. The van der Waals surface area contributed by atoms with Crippen LogP contribution in [0, 0.1) is 11.6 Å². The van der Waals surface area contributed by atoms with Crippen LogP contribution in [0.2, 0.25) is 0 Å². The van der Waals surface area contributed by atoms with E-state index in [0.717, 1.165) is 12.1 Å². The van der Waals surface area contributed by atoms with Crippen molar-refractivity contribution in [3.63, 3.8) is 0 Å². The van der Waals surface area contributed by atoms with E-state index in [1.807, 2.05) is 0 Å². The lowest BCUT2D eigenvalue weighted by molar-refractivity contribution is -0.116. The van der Waals surface area contributed by atoms with Crippen molar-refractivity contribution in [2.75, 3.05) is 5.32 Å². The Balaban J connectivity index is 2.04. The molecule has 1 amide bonds. The lowest BCUT2D eigenvalue weighted by Crippen LogP contribution is -2.15. The molecule has 0 spiro atoms. The number of aromatic nitrogens is 2. The molecule has 0 radical (unpaired) electrons. The number of aromatic amines is 1. The van der Waals surface area contributed by atoms with Crippen molar-refractivity contribution in [1.29, 1.82) is 0 Å². The minimum Gasteiger partial charge on any atom is -0.345 e. The number of ketones is 1. The average molecular weight is 343 g/mol. The molecule has 0 fully saturated rings. The molecular formula is C18H15F2N3O2. The summed E-state index contributed by atoms with van der Waals surface area (Å²) in [6, 6.07) is 5.33. The van der Waals surface area contributed by atoms with Crippen LogP contribution >= 0.6 is 0 Å². The smallest absolute Gasteiger partial charge is 0.224 e. The van der Waals surface area contributed by atoms with Gasteiger partial charge in [-0.3, -0.25) is 9.59 Å². The lowest BCUT2D eigenvalue weighted by atomic mass is 10.0. The topological polar surface area (TPSA) is 74.8 Å². The minimum atomic E-state index is -1.09. The van der Waals surface area contributed by atoms with Crippen LogP contribution in [0.15, 0.2) is 36.7 Å². The molecule has 0 bridgehead atoms. The Morgan fingerprint density at radius 1 is 1.24 bits per heavy atom. The van der Waals surface area contributed by atoms with Crippen LogP contribution in [0.3, 0.4) is 0 Å². The highest BCUT2D eigenvalue weighted by Gasteiger charge is 2.24. The third kappa shape index (κ3) is 3.13. The van der Waals surface area contributed by atoms with Gasteiger partial charge in [0.2, 0.25) is 11.7 Å². The normalized spacial score (nSPS) is 10.8. The second-order valence-electron chi connectivity index (χ2n) is 5.51. The Hall–Kier alpha value is -3.09. The van der Waals surface area contributed by atoms with Gasteiger partial charge in [-0.2, -0.15) is 0 Å². The summed E-state index contributed by atoms with van der Waals surface area (Å²) in [5, 5.41) is 2.83. The number of benzene rings is 1. The molecule has 0 saturated heterocycles. The maximum absolute atomic E-state index is 14.7. The summed E-state index contributed by atoms with van der Waals surface area (Å²) in [7, 11) is 0. The molecule has 5 nitrogen and oxygen atoms in total. The van der Waals surface area contributed by atoms with Crippen molar-refractivity contribution in [3.8, 4) is 0 Å². The van der Waals surface area contributed by atoms with Crippen LogP contribution < -0.4 is 5.32 Å². The van der Waals surface area contributed by atoms with E-state index in [2.05, 4.69) is 15.3 Å². The van der Waals surface area contributed by atoms with Gasteiger partial charge in [0.05, 0.1) is 11.3 Å². The van der Waals surface area contributed by atoms with Crippen molar-refractivity contribution in [3.05, 3.63) is 59.4 Å². The van der Waals surface area contributed by atoms with E-state index >= 15 is 0 Å². The highest BCUT2D eigenvalue weighted by Crippen LogP contribution is 2.26. The summed E-state index contributed by atoms with van der Waals surface area (Å²) in [4.78, 5) is 31.2. The van der Waals surface area contributed by atoms with Crippen LogP contribution in [0.5, 0.6) is 0 Å². The summed E-state index contributed by atoms with van der Waals surface area (Å²) in [5.41, 5.74) is -0.378. The molecule has 7 heteroatoms. The fraction of sp³-hybridized carbons (Fsp3) is 0.167. The first-order valence-electron chi connectivity index (χ1n) is 7.77. The van der Waals surface area contributed by atoms with Crippen LogP contribution in [-0.2, 0) is 4.79 Å². The van der Waals surface area contributed by atoms with Gasteiger partial charge in [0.15, 0.2) is 5.82 Å². The Kier molecular flexibility index (Phi) is 4.56. The highest BCUT2D eigenvalue weighted by atomic mass is 19.1. The van der Waals surface area contributed by atoms with Gasteiger partial charge >= 0.3 is 0 Å². The van der Waals surface area contributed by atoms with Gasteiger partial charge in [-0.15, -0.1) is 0 Å². The number of anilines is 1. The number of halogens is 2. The number of pyridine rings is 1. The third-order valence-electron chi connectivity index (χ3n) is 3.77. The molecule has 2 N–H and O–H groups in total. The first-order valence-corrected chi connectivity index (χ1v) is 7.77. The van der Waals surface area contributed by atoms with Gasteiger partial charge in [-0.25, -0.2) is 13.8 Å². The summed E-state index contributed by atoms with van der Waals surface area (Å²) >= 11 is 0. The zero-order valence-electron chi connectivity index (χ0n) is 13.4. The van der Waals surface area contributed by atoms with Crippen LogP contribution in [-0.4, -0.2) is 21.7 Å². The van der Waals surface area contributed by atoms with E-state index < -0.39 is 28.9 Å². The molecule has 2 aromatic heterocycles. The number of hydrogen-bond acceptors (Lipinski definition) is 3. The molecule has 0 aliphatic carbocycles. The van der Waals surface area contributed by atoms with Gasteiger partial charge in [0.1, 0.15) is 11.5 Å². The number of nitrogens with one attached hydrogen (secondary N) is 2. The van der Waals surface area contributed by atoms with Gasteiger partial charge in [0, 0.05) is 29.8 Å². The zero-order chi connectivity index (χ0) is 18.0. The van der Waals surface area contributed by atoms with Crippen LogP contribution in [0.4, 0.5) is 14.5 Å². The molecule has 0 unspecified atom stereocenters. The van der Waals surface area contributed by atoms with E-state index in [1.165, 1.54) is 12.4 Å². The van der Waals surface area contributed by atoms with Crippen molar-refractivity contribution in [2.45, 2.75) is 19.8 Å². The van der Waals surface area contributed by atoms with E-state index in [0.29, 0.717) is 17.5 Å². The number of carbonyl (C=O) groups is 2. The summed E-state index contributed by atoms with van der Waals surface area (Å²) in [6.45, 7) is 1.81. The van der Waals surface area contributed by atoms with Crippen LogP contribution in [0.1, 0.15) is 35.7 Å². The Morgan fingerprint density at radius 3 is 2.80 bits per heavy atom. The molecule has 2 heterocycles. The number of carbonyl (C=O) groups excluding carboxylic acids is 2. The SMILES string of the molecule is CCCC(=O)Nc1ccc(F)c(C(=O)c2c[nH]c3ncccc23)c1F. The average Bonchev–Trinajstić information content (AvgIpc) is 3.02. The predicted molar refractivity (Wildman–Crippen MR) is 89.4 cm³/mol. The van der Waals surface area contributed by atoms with Crippen molar-refractivity contribution in [1.82, 2.24) is 9.97 Å². The zero-order valence-corrected chi connectivity index (χ0v) is 13.4. The van der Waals surface area contributed by atoms with E-state index in [4.69, 9.17) is 0 Å². The molecule has 0 saturated carbocycles. The molecule has 3 rings (SSSR count). The molecule has 3 aromatic rings. The standard InChI is InChI=1S/C18H15F2N3O2/c1-2-4-14(24)23-13-7-6-12(19)15(16(13)20)17(25)11-9-22-18-10(11)5-3-8-21-18/h3,5-9H,2,4H2,1H3,(H,21,22)(H,23,24). The molecule has 25 heavy (non-hydrogen) atoms. The molecule has 0 aliphatic rings. The van der Waals surface area contributed by atoms with Crippen molar-refractivity contribution in [2.24, 2.45) is 0 Å². The first kappa shape index (κ1) is 16.8. The number of nitrogens with zero attached hydrogens (tertiary/aromatic N) is 1. The molecule has 0 aliphatic heterocycles. The predicted octanol–water partition coefficient (Wildman–Crippen LogP) is 3.81. The quantitative estimate of drug-likeness (QED) is 0.692.